The van der Waals surface area contributed by atoms with Crippen molar-refractivity contribution in [2.24, 2.45) is 0 Å². The third kappa shape index (κ3) is 4.93. The van der Waals surface area contributed by atoms with Gasteiger partial charge in [-0.25, -0.2) is 9.97 Å². The molecule has 1 fully saturated rings. The predicted octanol–water partition coefficient (Wildman–Crippen LogP) is 3.02. The fourth-order valence-electron chi connectivity index (χ4n) is 3.27. The summed E-state index contributed by atoms with van der Waals surface area (Å²) in [7, 11) is 1.61. The lowest BCUT2D eigenvalue weighted by atomic mass is 10.2. The van der Waals surface area contributed by atoms with E-state index in [9.17, 15) is 0 Å². The third-order valence-corrected chi connectivity index (χ3v) is 5.88. The molecule has 1 aliphatic rings. The molecule has 1 saturated heterocycles. The van der Waals surface area contributed by atoms with Gasteiger partial charge in [0.2, 0.25) is 5.95 Å². The molecule has 11 heteroatoms. The molecular formula is C20H24BrN7O3. The van der Waals surface area contributed by atoms with Gasteiger partial charge in [0.05, 0.1) is 12.4 Å². The van der Waals surface area contributed by atoms with Gasteiger partial charge in [-0.15, -0.1) is 0 Å². The van der Waals surface area contributed by atoms with E-state index >= 15 is 0 Å². The predicted molar refractivity (Wildman–Crippen MR) is 117 cm³/mol. The maximum absolute atomic E-state index is 5.80. The number of methoxy groups -OCH3 is 1. The van der Waals surface area contributed by atoms with E-state index in [-0.39, 0.29) is 12.1 Å². The smallest absolute Gasteiger partial charge is 0.266 e. The van der Waals surface area contributed by atoms with E-state index in [1.165, 1.54) is 0 Å². The lowest BCUT2D eigenvalue weighted by Crippen LogP contribution is -2.53. The number of rotatable bonds is 7. The maximum atomic E-state index is 5.80. The van der Waals surface area contributed by atoms with Crippen LogP contribution in [0.2, 0.25) is 0 Å². The molecule has 0 aromatic carbocycles. The Morgan fingerprint density at radius 3 is 2.74 bits per heavy atom. The van der Waals surface area contributed by atoms with Crippen molar-refractivity contribution >= 4 is 27.8 Å². The number of halogens is 1. The highest BCUT2D eigenvalue weighted by Crippen LogP contribution is 2.23. The van der Waals surface area contributed by atoms with Crippen LogP contribution >= 0.6 is 15.9 Å². The Kier molecular flexibility index (Phi) is 6.62. The van der Waals surface area contributed by atoms with E-state index in [1.807, 2.05) is 13.0 Å². The van der Waals surface area contributed by atoms with Gasteiger partial charge >= 0.3 is 0 Å². The first-order chi connectivity index (χ1) is 15.0. The highest BCUT2D eigenvalue weighted by molar-refractivity contribution is 9.10. The Bertz CT molecular complexity index is 1000. The first-order valence-corrected chi connectivity index (χ1v) is 10.8. The Labute approximate surface area is 188 Å². The summed E-state index contributed by atoms with van der Waals surface area (Å²) >= 11 is 3.47. The molecule has 2 unspecified atom stereocenters. The zero-order valence-corrected chi connectivity index (χ0v) is 19.2. The minimum Gasteiger partial charge on any atom is -0.486 e. The molecule has 0 amide bonds. The van der Waals surface area contributed by atoms with Crippen molar-refractivity contribution in [2.75, 3.05) is 36.5 Å². The van der Waals surface area contributed by atoms with E-state index in [0.717, 1.165) is 29.7 Å². The van der Waals surface area contributed by atoms with Gasteiger partial charge in [0, 0.05) is 55.2 Å². The molecule has 0 aliphatic carbocycles. The van der Waals surface area contributed by atoms with Crippen LogP contribution in [0.4, 0.5) is 11.9 Å². The van der Waals surface area contributed by atoms with Crippen molar-refractivity contribution in [2.45, 2.75) is 32.6 Å². The highest BCUT2D eigenvalue weighted by Gasteiger charge is 2.28. The molecule has 164 valence electrons. The minimum absolute atomic E-state index is 0.176. The molecule has 10 nitrogen and oxygen atoms in total. The maximum Gasteiger partial charge on any atom is 0.266 e. The van der Waals surface area contributed by atoms with Gasteiger partial charge in [-0.05, 0) is 41.0 Å². The molecule has 4 rings (SSSR count). The summed E-state index contributed by atoms with van der Waals surface area (Å²) in [5.41, 5.74) is 1.01. The van der Waals surface area contributed by atoms with Gasteiger partial charge in [-0.3, -0.25) is 4.98 Å². The quantitative estimate of drug-likeness (QED) is 0.491. The van der Waals surface area contributed by atoms with Crippen molar-refractivity contribution in [1.82, 2.24) is 25.1 Å². The Morgan fingerprint density at radius 1 is 1.23 bits per heavy atom. The van der Waals surface area contributed by atoms with Gasteiger partial charge in [0.25, 0.3) is 11.8 Å². The van der Waals surface area contributed by atoms with E-state index in [2.05, 4.69) is 57.7 Å². The van der Waals surface area contributed by atoms with Crippen LogP contribution in [0.1, 0.15) is 31.4 Å². The van der Waals surface area contributed by atoms with E-state index in [4.69, 9.17) is 14.0 Å². The number of pyridine rings is 1. The standard InChI is InChI=1S/C20H24BrN7O3/c1-13-11-27(20-25-18(31-26-20)14(2)29-3)6-7-28(13)19-23-8-16(9-24-19)30-12-15-4-5-22-10-17(15)21/h4-5,8-10,13-14H,6-7,11-12H2,1-3H3. The summed E-state index contributed by atoms with van der Waals surface area (Å²) in [6, 6.07) is 2.08. The first kappa shape index (κ1) is 21.4. The zero-order chi connectivity index (χ0) is 21.8. The molecule has 3 aromatic rings. The molecule has 3 aromatic heterocycles. The lowest BCUT2D eigenvalue weighted by molar-refractivity contribution is 0.0886. The fourth-order valence-corrected chi connectivity index (χ4v) is 3.64. The molecule has 0 spiro atoms. The van der Waals surface area contributed by atoms with Crippen LogP contribution in [-0.4, -0.2) is 57.9 Å². The molecule has 0 bridgehead atoms. The van der Waals surface area contributed by atoms with Crippen molar-refractivity contribution in [1.29, 1.82) is 0 Å². The van der Waals surface area contributed by atoms with Crippen LogP contribution in [0, 0.1) is 0 Å². The van der Waals surface area contributed by atoms with Crippen LogP contribution < -0.4 is 14.5 Å². The SMILES string of the molecule is COC(C)c1nc(N2CCN(c3ncc(OCc4ccncc4Br)cn3)C(C)C2)no1. The Hall–Kier alpha value is -2.79. The minimum atomic E-state index is -0.228. The number of ether oxygens (including phenoxy) is 2. The molecular weight excluding hydrogens is 466 g/mol. The fraction of sp³-hybridized carbons (Fsp3) is 0.450. The van der Waals surface area contributed by atoms with Crippen molar-refractivity contribution < 1.29 is 14.0 Å². The Morgan fingerprint density at radius 2 is 2.03 bits per heavy atom. The van der Waals surface area contributed by atoms with E-state index in [1.54, 1.807) is 31.9 Å². The van der Waals surface area contributed by atoms with Gasteiger partial charge in [0.15, 0.2) is 5.75 Å². The molecule has 1 aliphatic heterocycles. The summed E-state index contributed by atoms with van der Waals surface area (Å²) in [6.45, 7) is 6.63. The summed E-state index contributed by atoms with van der Waals surface area (Å²) in [6.07, 6.45) is 6.65. The monoisotopic (exact) mass is 489 g/mol. The number of nitrogens with zero attached hydrogens (tertiary/aromatic N) is 7. The second-order valence-electron chi connectivity index (χ2n) is 7.27. The summed E-state index contributed by atoms with van der Waals surface area (Å²) < 4.78 is 17.3. The highest BCUT2D eigenvalue weighted by atomic mass is 79.9. The van der Waals surface area contributed by atoms with E-state index < -0.39 is 0 Å². The lowest BCUT2D eigenvalue weighted by Gasteiger charge is -2.39. The number of piperazine rings is 1. The molecule has 2 atom stereocenters. The number of anilines is 2. The molecule has 0 N–H and O–H groups in total. The van der Waals surface area contributed by atoms with Gasteiger partial charge in [-0.2, -0.15) is 4.98 Å². The number of hydrogen-bond acceptors (Lipinski definition) is 10. The van der Waals surface area contributed by atoms with Crippen LogP contribution in [0.15, 0.2) is 39.8 Å². The van der Waals surface area contributed by atoms with Crippen molar-refractivity contribution in [3.63, 3.8) is 0 Å². The molecule has 0 saturated carbocycles. The zero-order valence-electron chi connectivity index (χ0n) is 17.6. The number of aromatic nitrogens is 5. The second kappa shape index (κ2) is 9.56. The first-order valence-electron chi connectivity index (χ1n) is 9.96. The van der Waals surface area contributed by atoms with Gasteiger partial charge < -0.3 is 23.8 Å². The summed E-state index contributed by atoms with van der Waals surface area (Å²) in [4.78, 5) is 21.8. The van der Waals surface area contributed by atoms with Gasteiger partial charge in [0.1, 0.15) is 12.7 Å². The van der Waals surface area contributed by atoms with Crippen molar-refractivity contribution in [3.8, 4) is 5.75 Å². The second-order valence-corrected chi connectivity index (χ2v) is 8.13. The third-order valence-electron chi connectivity index (χ3n) is 5.16. The summed E-state index contributed by atoms with van der Waals surface area (Å²) in [5, 5.41) is 4.09. The normalized spacial score (nSPS) is 17.6. The molecule has 31 heavy (non-hydrogen) atoms. The molecule has 4 heterocycles. The largest absolute Gasteiger partial charge is 0.486 e. The topological polar surface area (TPSA) is 103 Å². The van der Waals surface area contributed by atoms with Crippen LogP contribution in [-0.2, 0) is 11.3 Å². The average Bonchev–Trinajstić information content (AvgIpc) is 3.29. The van der Waals surface area contributed by atoms with Gasteiger partial charge in [-0.1, -0.05) is 0 Å². The molecule has 0 radical (unpaired) electrons. The van der Waals surface area contributed by atoms with E-state index in [0.29, 0.717) is 30.1 Å². The average molecular weight is 490 g/mol. The van der Waals surface area contributed by atoms with Crippen LogP contribution in [0.25, 0.3) is 0 Å². The van der Waals surface area contributed by atoms with Crippen molar-refractivity contribution in [3.05, 3.63) is 46.8 Å². The summed E-state index contributed by atoms with van der Waals surface area (Å²) in [5.74, 6) is 2.35. The van der Waals surface area contributed by atoms with Crippen LogP contribution in [0.5, 0.6) is 5.75 Å². The number of hydrogen-bond donors (Lipinski definition) is 0. The van der Waals surface area contributed by atoms with Crippen LogP contribution in [0.3, 0.4) is 0 Å². The Balaban J connectivity index is 1.35.